The number of benzene rings is 4. The van der Waals surface area contributed by atoms with Crippen LogP contribution in [0, 0.1) is 37.7 Å². The van der Waals surface area contributed by atoms with Gasteiger partial charge in [-0.1, -0.05) is 0 Å². The van der Waals surface area contributed by atoms with E-state index in [9.17, 15) is 19.2 Å². The molecule has 0 heterocycles. The van der Waals surface area contributed by atoms with Crippen LogP contribution in [0.15, 0.2) is 97.1 Å². The Hall–Kier alpha value is -4.21. The predicted molar refractivity (Wildman–Crippen MR) is 163 cm³/mol. The van der Waals surface area contributed by atoms with Gasteiger partial charge in [0.2, 0.25) is 0 Å². The van der Waals surface area contributed by atoms with Crippen molar-refractivity contribution >= 4 is 23.1 Å². The SMILES string of the molecule is COc1ccc(C(=O)[CH+]C(=O)c2ccc(OC)cc2)cc1.COc1ccc(C(=O)[CH+]C(=O)c2ccc(OC)cc2)cc1.[ClH2+].[ClH2+].[Ti]. The molecule has 0 aromatic heterocycles. The molecular weight excluding hydrogens is 655 g/mol. The van der Waals surface area contributed by atoms with E-state index in [4.69, 9.17) is 18.9 Å². The number of carbonyl (C=O) groups excluding carboxylic acids is 4. The Morgan fingerprint density at radius 3 is 0.667 bits per heavy atom. The molecule has 0 spiro atoms. The molecule has 0 radical (unpaired) electrons. The van der Waals surface area contributed by atoms with Crippen molar-refractivity contribution in [1.82, 2.24) is 0 Å². The van der Waals surface area contributed by atoms with Crippen LogP contribution in [0.3, 0.4) is 0 Å². The smallest absolute Gasteiger partial charge is 0.295 e. The Bertz CT molecular complexity index is 1270. The maximum Gasteiger partial charge on any atom is 0.295 e. The van der Waals surface area contributed by atoms with E-state index < -0.39 is 0 Å². The molecule has 0 atom stereocenters. The number of hydrogen-bond donors (Lipinski definition) is 0. The second-order valence-electron chi connectivity index (χ2n) is 8.66. The molecule has 0 saturated heterocycles. The number of rotatable bonds is 12. The second-order valence-corrected chi connectivity index (χ2v) is 8.66. The van der Waals surface area contributed by atoms with E-state index in [0.717, 1.165) is 12.8 Å². The van der Waals surface area contributed by atoms with Gasteiger partial charge < -0.3 is 18.9 Å². The van der Waals surface area contributed by atoms with Crippen molar-refractivity contribution in [3.63, 3.8) is 0 Å². The summed E-state index contributed by atoms with van der Waals surface area (Å²) in [5, 5.41) is 0. The van der Waals surface area contributed by atoms with Gasteiger partial charge in [-0.3, -0.25) is 19.2 Å². The van der Waals surface area contributed by atoms with Crippen LogP contribution in [0.1, 0.15) is 41.4 Å². The van der Waals surface area contributed by atoms with Crippen LogP contribution in [-0.2, 0) is 21.7 Å². The molecule has 0 unspecified atom stereocenters. The molecule has 4 aromatic rings. The maximum atomic E-state index is 12.0. The Kier molecular flexibility index (Phi) is 18.8. The number of hydrogen-bond acceptors (Lipinski definition) is 8. The first-order chi connectivity index (χ1) is 20.3. The second kappa shape index (κ2) is 20.7. The van der Waals surface area contributed by atoms with Crippen LogP contribution in [0.2, 0.25) is 0 Å². The number of carbonyl (C=O) groups is 4. The standard InChI is InChI=1S/2C17H15O4.2ClH2.Ti/c2*1-20-14-7-3-12(4-8-14)16(18)11-17(19)13-5-9-15(21-2)10-6-13;;;/h2*3-11H,1-2H3;2*1H2;/q4*+1;. The van der Waals surface area contributed by atoms with E-state index in [1.54, 1.807) is 126 Å². The number of ketones is 4. The molecule has 0 fully saturated rings. The molecule has 4 aromatic carbocycles. The number of Topliss-reactive ketones (excluding diaryl/α,β-unsaturated/α-hetero) is 4. The number of halogens is 2. The summed E-state index contributed by atoms with van der Waals surface area (Å²) in [5.74, 6) is 1.30. The zero-order valence-electron chi connectivity index (χ0n) is 25.1. The summed E-state index contributed by atoms with van der Waals surface area (Å²) in [4.78, 5) is 48.0. The summed E-state index contributed by atoms with van der Waals surface area (Å²) in [6.45, 7) is 0. The van der Waals surface area contributed by atoms with Crippen molar-refractivity contribution in [3.05, 3.63) is 132 Å². The van der Waals surface area contributed by atoms with Crippen molar-refractivity contribution < 1.29 is 84.7 Å². The normalized spacial score (nSPS) is 9.16. The van der Waals surface area contributed by atoms with Gasteiger partial charge in [0.15, 0.2) is 0 Å². The van der Waals surface area contributed by atoms with E-state index in [-0.39, 0.29) is 69.7 Å². The van der Waals surface area contributed by atoms with Gasteiger partial charge in [0.25, 0.3) is 23.1 Å². The summed E-state index contributed by atoms with van der Waals surface area (Å²) in [5.41, 5.74) is 1.77. The van der Waals surface area contributed by atoms with Gasteiger partial charge in [0.1, 0.15) is 58.1 Å². The fraction of sp³-hybridized carbons (Fsp3) is 0.118. The summed E-state index contributed by atoms with van der Waals surface area (Å²) >= 11 is 0. The molecule has 0 aliphatic heterocycles. The minimum atomic E-state index is -0.335. The molecule has 0 bridgehead atoms. The first-order valence-corrected chi connectivity index (χ1v) is 12.7. The average Bonchev–Trinajstić information content (AvgIpc) is 3.05. The predicted octanol–water partition coefficient (Wildman–Crippen LogP) is 4.87. The van der Waals surface area contributed by atoms with Crippen LogP contribution >= 0.6 is 0 Å². The molecule has 0 aliphatic rings. The van der Waals surface area contributed by atoms with Gasteiger partial charge in [0, 0.05) is 70.2 Å². The summed E-state index contributed by atoms with van der Waals surface area (Å²) in [7, 11) is 6.21. The zero-order valence-corrected chi connectivity index (χ0v) is 28.4. The Labute approximate surface area is 290 Å². The van der Waals surface area contributed by atoms with Gasteiger partial charge in [-0.05, 0) is 48.5 Å². The monoisotopic (exact) mass is 688 g/mol. The van der Waals surface area contributed by atoms with Crippen LogP contribution in [-0.4, -0.2) is 51.6 Å². The van der Waals surface area contributed by atoms with Crippen LogP contribution < -0.4 is 18.9 Å². The van der Waals surface area contributed by atoms with Crippen molar-refractivity contribution in [3.8, 4) is 23.0 Å². The van der Waals surface area contributed by atoms with Crippen molar-refractivity contribution in [1.29, 1.82) is 0 Å². The molecule has 0 aliphatic carbocycles. The third kappa shape index (κ3) is 12.4. The average molecular weight is 689 g/mol. The van der Waals surface area contributed by atoms with Gasteiger partial charge in [0.05, 0.1) is 53.3 Å². The van der Waals surface area contributed by atoms with Crippen LogP contribution in [0.5, 0.6) is 23.0 Å². The van der Waals surface area contributed by atoms with Gasteiger partial charge >= 0.3 is 0 Å². The molecule has 0 saturated carbocycles. The minimum Gasteiger partial charge on any atom is -0.497 e. The number of ether oxygens (including phenoxy) is 4. The molecule has 8 nitrogen and oxygen atoms in total. The van der Waals surface area contributed by atoms with Crippen LogP contribution in [0.4, 0.5) is 0 Å². The molecule has 4 rings (SSSR count). The van der Waals surface area contributed by atoms with Crippen LogP contribution in [0.25, 0.3) is 0 Å². The largest absolute Gasteiger partial charge is 0.497 e. The first-order valence-electron chi connectivity index (χ1n) is 12.7. The Balaban J connectivity index is 0.000000807. The molecular formula is C34H34Cl2O8Ti+4. The summed E-state index contributed by atoms with van der Waals surface area (Å²) < 4.78 is 20.1. The topological polar surface area (TPSA) is 105 Å². The van der Waals surface area contributed by atoms with E-state index >= 15 is 0 Å². The van der Waals surface area contributed by atoms with Gasteiger partial charge in [-0.15, -0.1) is 0 Å². The summed E-state index contributed by atoms with van der Waals surface area (Å²) in [6, 6.07) is 26.4. The third-order valence-electron chi connectivity index (χ3n) is 6.02. The fourth-order valence-corrected chi connectivity index (χ4v) is 3.59. The molecule has 11 heteroatoms. The summed E-state index contributed by atoms with van der Waals surface area (Å²) in [6.07, 6.45) is 2.17. The number of methoxy groups -OCH3 is 4. The maximum absolute atomic E-state index is 12.0. The van der Waals surface area contributed by atoms with Crippen molar-refractivity contribution in [2.24, 2.45) is 0 Å². The van der Waals surface area contributed by atoms with Crippen molar-refractivity contribution in [2.45, 2.75) is 0 Å². The van der Waals surface area contributed by atoms with E-state index in [1.807, 2.05) is 0 Å². The first kappa shape index (κ1) is 40.8. The van der Waals surface area contributed by atoms with E-state index in [2.05, 4.69) is 0 Å². The molecule has 45 heavy (non-hydrogen) atoms. The zero-order chi connectivity index (χ0) is 30.5. The third-order valence-corrected chi connectivity index (χ3v) is 6.02. The fourth-order valence-electron chi connectivity index (χ4n) is 3.59. The molecule has 232 valence electrons. The van der Waals surface area contributed by atoms with Gasteiger partial charge in [-0.25, -0.2) is 0 Å². The molecule has 0 N–H and O–H groups in total. The quantitative estimate of drug-likeness (QED) is 0.0899. The van der Waals surface area contributed by atoms with E-state index in [1.165, 1.54) is 0 Å². The Morgan fingerprint density at radius 1 is 0.378 bits per heavy atom. The van der Waals surface area contributed by atoms with Crippen molar-refractivity contribution in [2.75, 3.05) is 28.4 Å². The Morgan fingerprint density at radius 2 is 0.533 bits per heavy atom. The van der Waals surface area contributed by atoms with E-state index in [0.29, 0.717) is 45.3 Å². The minimum absolute atomic E-state index is 0. The van der Waals surface area contributed by atoms with Gasteiger partial charge in [-0.2, -0.15) is 0 Å². The molecule has 0 amide bonds.